The summed E-state index contributed by atoms with van der Waals surface area (Å²) in [6.45, 7) is 6.00. The van der Waals surface area contributed by atoms with Crippen molar-refractivity contribution < 1.29 is 12.8 Å². The van der Waals surface area contributed by atoms with E-state index < -0.39 is 10.0 Å². The normalized spacial score (nSPS) is 11.7. The third kappa shape index (κ3) is 4.20. The van der Waals surface area contributed by atoms with Gasteiger partial charge in [-0.05, 0) is 38.0 Å². The van der Waals surface area contributed by atoms with Gasteiger partial charge >= 0.3 is 0 Å². The molecular weight excluding hydrogens is 348 g/mol. The fraction of sp³-hybridized carbons (Fsp3) is 0.250. The van der Waals surface area contributed by atoms with Crippen LogP contribution in [-0.2, 0) is 16.4 Å². The molecule has 136 valence electrons. The number of aryl methyl sites for hydroxylation is 3. The van der Waals surface area contributed by atoms with Crippen molar-refractivity contribution in [2.45, 2.75) is 32.1 Å². The minimum absolute atomic E-state index is 0.239. The standard InChI is InChI=1S/C20H22N2O3S/c1-14-5-4-6-17(13-14)11-12-21-26(23,24)19-9-7-18(8-10-19)20-15(2)25-16(3)22-20/h4-10,13,21H,11-12H2,1-3H3. The lowest BCUT2D eigenvalue weighted by atomic mass is 10.1. The van der Waals surface area contributed by atoms with Crippen LogP contribution in [0.3, 0.4) is 0 Å². The average molecular weight is 370 g/mol. The topological polar surface area (TPSA) is 72.2 Å². The van der Waals surface area contributed by atoms with Gasteiger partial charge in [0.15, 0.2) is 5.89 Å². The zero-order chi connectivity index (χ0) is 18.7. The van der Waals surface area contributed by atoms with Gasteiger partial charge in [0, 0.05) is 19.0 Å². The molecule has 0 atom stereocenters. The van der Waals surface area contributed by atoms with Crippen LogP contribution < -0.4 is 4.72 Å². The van der Waals surface area contributed by atoms with Crippen LogP contribution in [0.4, 0.5) is 0 Å². The highest BCUT2D eigenvalue weighted by Crippen LogP contribution is 2.24. The van der Waals surface area contributed by atoms with Crippen molar-refractivity contribution in [1.82, 2.24) is 9.71 Å². The van der Waals surface area contributed by atoms with Gasteiger partial charge in [-0.1, -0.05) is 42.0 Å². The lowest BCUT2D eigenvalue weighted by molar-refractivity contribution is 0.495. The predicted molar refractivity (Wildman–Crippen MR) is 101 cm³/mol. The van der Waals surface area contributed by atoms with Crippen molar-refractivity contribution in [3.63, 3.8) is 0 Å². The Morgan fingerprint density at radius 3 is 2.38 bits per heavy atom. The first kappa shape index (κ1) is 18.4. The van der Waals surface area contributed by atoms with Crippen molar-refractivity contribution in [3.8, 4) is 11.3 Å². The highest BCUT2D eigenvalue weighted by Gasteiger charge is 2.15. The molecule has 0 bridgehead atoms. The summed E-state index contributed by atoms with van der Waals surface area (Å²) in [6, 6.07) is 14.7. The number of oxazole rings is 1. The molecule has 0 aliphatic rings. The van der Waals surface area contributed by atoms with E-state index in [9.17, 15) is 8.42 Å². The van der Waals surface area contributed by atoms with Gasteiger partial charge in [-0.3, -0.25) is 0 Å². The number of hydrogen-bond donors (Lipinski definition) is 1. The Labute approximate surface area is 154 Å². The van der Waals surface area contributed by atoms with Crippen LogP contribution in [0.1, 0.15) is 22.8 Å². The van der Waals surface area contributed by atoms with E-state index in [2.05, 4.69) is 15.8 Å². The van der Waals surface area contributed by atoms with Crippen molar-refractivity contribution in [1.29, 1.82) is 0 Å². The monoisotopic (exact) mass is 370 g/mol. The predicted octanol–water partition coefficient (Wildman–Crippen LogP) is 3.79. The van der Waals surface area contributed by atoms with Gasteiger partial charge in [0.1, 0.15) is 11.5 Å². The number of sulfonamides is 1. The molecule has 1 heterocycles. The minimum Gasteiger partial charge on any atom is -0.446 e. The summed E-state index contributed by atoms with van der Waals surface area (Å²) in [6.07, 6.45) is 0.649. The summed E-state index contributed by atoms with van der Waals surface area (Å²) >= 11 is 0. The van der Waals surface area contributed by atoms with E-state index in [0.29, 0.717) is 18.9 Å². The summed E-state index contributed by atoms with van der Waals surface area (Å²) in [5, 5.41) is 0. The minimum atomic E-state index is -3.54. The molecule has 26 heavy (non-hydrogen) atoms. The van der Waals surface area contributed by atoms with Crippen molar-refractivity contribution in [3.05, 3.63) is 71.3 Å². The third-order valence-electron chi connectivity index (χ3n) is 4.13. The number of rotatable bonds is 6. The first-order valence-electron chi connectivity index (χ1n) is 8.45. The summed E-state index contributed by atoms with van der Waals surface area (Å²) in [5.41, 5.74) is 3.84. The number of aromatic nitrogens is 1. The molecule has 0 aliphatic heterocycles. The summed E-state index contributed by atoms with van der Waals surface area (Å²) in [4.78, 5) is 4.57. The SMILES string of the molecule is Cc1cccc(CCNS(=O)(=O)c2ccc(-c3nc(C)oc3C)cc2)c1. The zero-order valence-electron chi connectivity index (χ0n) is 15.1. The number of nitrogens with zero attached hydrogens (tertiary/aromatic N) is 1. The van der Waals surface area contributed by atoms with Crippen LogP contribution in [0.15, 0.2) is 57.8 Å². The largest absolute Gasteiger partial charge is 0.446 e. The van der Waals surface area contributed by atoms with Gasteiger partial charge in [-0.15, -0.1) is 0 Å². The Balaban J connectivity index is 1.68. The summed E-state index contributed by atoms with van der Waals surface area (Å²) in [7, 11) is -3.54. The van der Waals surface area contributed by atoms with E-state index in [-0.39, 0.29) is 4.90 Å². The fourth-order valence-corrected chi connectivity index (χ4v) is 3.90. The molecule has 0 amide bonds. The van der Waals surface area contributed by atoms with Gasteiger partial charge in [0.05, 0.1) is 4.90 Å². The highest BCUT2D eigenvalue weighted by atomic mass is 32.2. The lowest BCUT2D eigenvalue weighted by Gasteiger charge is -2.08. The van der Waals surface area contributed by atoms with E-state index in [1.807, 2.05) is 32.0 Å². The molecule has 1 N–H and O–H groups in total. The first-order valence-corrected chi connectivity index (χ1v) is 9.93. The maximum atomic E-state index is 12.5. The Hall–Kier alpha value is -2.44. The first-order chi connectivity index (χ1) is 12.3. The maximum Gasteiger partial charge on any atom is 0.240 e. The zero-order valence-corrected chi connectivity index (χ0v) is 15.9. The van der Waals surface area contributed by atoms with Crippen molar-refractivity contribution >= 4 is 10.0 Å². The van der Waals surface area contributed by atoms with Crippen LogP contribution in [-0.4, -0.2) is 19.9 Å². The molecule has 3 rings (SSSR count). The van der Waals surface area contributed by atoms with Gasteiger partial charge in [-0.25, -0.2) is 18.1 Å². The number of nitrogens with one attached hydrogen (secondary N) is 1. The molecule has 0 fully saturated rings. The molecule has 6 heteroatoms. The highest BCUT2D eigenvalue weighted by molar-refractivity contribution is 7.89. The smallest absolute Gasteiger partial charge is 0.240 e. The van der Waals surface area contributed by atoms with E-state index >= 15 is 0 Å². The quantitative estimate of drug-likeness (QED) is 0.716. The Morgan fingerprint density at radius 2 is 1.77 bits per heavy atom. The van der Waals surface area contributed by atoms with Gasteiger partial charge < -0.3 is 4.42 Å². The molecule has 2 aromatic carbocycles. The van der Waals surface area contributed by atoms with Crippen LogP contribution in [0.25, 0.3) is 11.3 Å². The molecule has 0 saturated carbocycles. The second kappa shape index (κ2) is 7.43. The van der Waals surface area contributed by atoms with Crippen LogP contribution in [0, 0.1) is 20.8 Å². The number of benzene rings is 2. The second-order valence-corrected chi connectivity index (χ2v) is 8.07. The molecule has 5 nitrogen and oxygen atoms in total. The molecule has 1 aromatic heterocycles. The average Bonchev–Trinajstić information content (AvgIpc) is 2.93. The summed E-state index contributed by atoms with van der Waals surface area (Å²) in [5.74, 6) is 1.31. The molecule has 0 unspecified atom stereocenters. The number of hydrogen-bond acceptors (Lipinski definition) is 4. The van der Waals surface area contributed by atoms with Gasteiger partial charge in [-0.2, -0.15) is 0 Å². The van der Waals surface area contributed by atoms with Crippen LogP contribution in [0.2, 0.25) is 0 Å². The van der Waals surface area contributed by atoms with Crippen LogP contribution >= 0.6 is 0 Å². The van der Waals surface area contributed by atoms with E-state index in [1.165, 1.54) is 5.56 Å². The third-order valence-corrected chi connectivity index (χ3v) is 5.61. The van der Waals surface area contributed by atoms with Crippen LogP contribution in [0.5, 0.6) is 0 Å². The Bertz CT molecular complexity index is 1010. The second-order valence-electron chi connectivity index (χ2n) is 6.30. The molecule has 0 spiro atoms. The van der Waals surface area contributed by atoms with E-state index in [4.69, 9.17) is 4.42 Å². The van der Waals surface area contributed by atoms with Crippen molar-refractivity contribution in [2.24, 2.45) is 0 Å². The molecule has 3 aromatic rings. The van der Waals surface area contributed by atoms with Gasteiger partial charge in [0.2, 0.25) is 10.0 Å². The Kier molecular flexibility index (Phi) is 5.25. The fourth-order valence-electron chi connectivity index (χ4n) is 2.87. The molecular formula is C20H22N2O3S. The van der Waals surface area contributed by atoms with Gasteiger partial charge in [0.25, 0.3) is 0 Å². The lowest BCUT2D eigenvalue weighted by Crippen LogP contribution is -2.26. The molecule has 0 radical (unpaired) electrons. The van der Waals surface area contributed by atoms with E-state index in [0.717, 1.165) is 22.6 Å². The maximum absolute atomic E-state index is 12.5. The van der Waals surface area contributed by atoms with E-state index in [1.54, 1.807) is 31.2 Å². The molecule has 0 aliphatic carbocycles. The molecule has 0 saturated heterocycles. The summed E-state index contributed by atoms with van der Waals surface area (Å²) < 4.78 is 33.0. The Morgan fingerprint density at radius 1 is 1.04 bits per heavy atom. The van der Waals surface area contributed by atoms with Crippen molar-refractivity contribution in [2.75, 3.05) is 6.54 Å².